The monoisotopic (exact) mass is 1710 g/mol. The van der Waals surface area contributed by atoms with Gasteiger partial charge < -0.3 is 76.3 Å². The molecular formula is C97H156N14O12. The van der Waals surface area contributed by atoms with E-state index in [9.17, 15) is 19.2 Å². The summed E-state index contributed by atoms with van der Waals surface area (Å²) in [6, 6.07) is 37.9. The van der Waals surface area contributed by atoms with Crippen LogP contribution in [0.1, 0.15) is 218 Å². The lowest BCUT2D eigenvalue weighted by molar-refractivity contribution is -0.149. The number of nitrogens with zero attached hydrogens (tertiary/aromatic N) is 10. The van der Waals surface area contributed by atoms with Gasteiger partial charge in [0.2, 0.25) is 65.0 Å². The Hall–Kier alpha value is -9.11. The predicted molar refractivity (Wildman–Crippen MR) is 490 cm³/mol. The molecule has 11 amide bonds. The number of benzene rings is 4. The van der Waals surface area contributed by atoms with Crippen molar-refractivity contribution in [1.29, 1.82) is 0 Å². The summed E-state index contributed by atoms with van der Waals surface area (Å²) in [7, 11) is 1.55. The van der Waals surface area contributed by atoms with Gasteiger partial charge in [0.15, 0.2) is 0 Å². The van der Waals surface area contributed by atoms with Gasteiger partial charge in [0, 0.05) is 92.2 Å². The Morgan fingerprint density at radius 2 is 0.545 bits per heavy atom. The van der Waals surface area contributed by atoms with Crippen LogP contribution < -0.4 is 22.5 Å². The van der Waals surface area contributed by atoms with Crippen molar-refractivity contribution in [3.8, 4) is 0 Å². The molecule has 123 heavy (non-hydrogen) atoms. The number of methoxy groups -OCH3 is 1. The number of hydrogen-bond acceptors (Lipinski definition) is 15. The maximum Gasteiger partial charge on any atom is 0.242 e. The molecule has 686 valence electrons. The molecule has 2 unspecified atom stereocenters. The van der Waals surface area contributed by atoms with Crippen molar-refractivity contribution in [2.75, 3.05) is 171 Å². The molecule has 0 bridgehead atoms. The van der Waals surface area contributed by atoms with Crippen LogP contribution >= 0.6 is 0 Å². The molecule has 0 aliphatic carbocycles. The first-order valence-corrected chi connectivity index (χ1v) is 46.5. The lowest BCUT2D eigenvalue weighted by Gasteiger charge is -2.34. The molecule has 26 heteroatoms. The number of carbonyl (C=O) groups is 11. The molecular weight excluding hydrogens is 1550 g/mol. The molecule has 0 aromatic heterocycles. The number of ether oxygens (including phenoxy) is 1. The summed E-state index contributed by atoms with van der Waals surface area (Å²) in [5.74, 6) is -5.46. The van der Waals surface area contributed by atoms with Gasteiger partial charge in [-0.15, -0.1) is 0 Å². The maximum atomic E-state index is 15.7. The molecule has 0 spiro atoms. The topological polar surface area (TPSA) is 319 Å². The van der Waals surface area contributed by atoms with Gasteiger partial charge in [-0.1, -0.05) is 291 Å². The van der Waals surface area contributed by atoms with Crippen LogP contribution in [0.4, 0.5) is 0 Å². The Kier molecular flexibility index (Phi) is 56.6. The second-order valence-electron chi connectivity index (χ2n) is 33.0. The Balaban J connectivity index is 1.79. The average molecular weight is 1710 g/mol. The quantitative estimate of drug-likeness (QED) is 0.0299. The highest BCUT2D eigenvalue weighted by atomic mass is 16.5. The summed E-state index contributed by atoms with van der Waals surface area (Å²) in [5, 5.41) is 3.03. The number of hydrogen-bond donors (Lipinski definition) is 4. The van der Waals surface area contributed by atoms with E-state index in [1.807, 2.05) is 121 Å². The van der Waals surface area contributed by atoms with Crippen LogP contribution in [0, 0.1) is 11.8 Å². The zero-order valence-electron chi connectivity index (χ0n) is 76.3. The fourth-order valence-electron chi connectivity index (χ4n) is 15.2. The molecule has 0 saturated carbocycles. The van der Waals surface area contributed by atoms with Crippen LogP contribution in [0.15, 0.2) is 121 Å². The first-order chi connectivity index (χ1) is 59.6. The molecule has 0 aliphatic rings. The molecule has 0 heterocycles. The van der Waals surface area contributed by atoms with E-state index in [0.29, 0.717) is 58.2 Å². The molecule has 0 aliphatic heterocycles. The van der Waals surface area contributed by atoms with E-state index >= 15 is 33.6 Å². The molecule has 2 atom stereocenters. The number of amides is 11. The van der Waals surface area contributed by atoms with Gasteiger partial charge in [0.25, 0.3) is 0 Å². The minimum Gasteiger partial charge on any atom is -0.383 e. The zero-order valence-corrected chi connectivity index (χ0v) is 76.3. The second kappa shape index (κ2) is 65.5. The fourth-order valence-corrected chi connectivity index (χ4v) is 15.2. The predicted octanol–water partition coefficient (Wildman–Crippen LogP) is 10.6. The van der Waals surface area contributed by atoms with Crippen molar-refractivity contribution in [2.24, 2.45) is 29.0 Å². The van der Waals surface area contributed by atoms with Gasteiger partial charge in [0.05, 0.1) is 78.6 Å². The summed E-state index contributed by atoms with van der Waals surface area (Å²) in [4.78, 5) is 178. The first-order valence-electron chi connectivity index (χ1n) is 46.5. The lowest BCUT2D eigenvalue weighted by atomic mass is 9.98. The third-order valence-electron chi connectivity index (χ3n) is 23.0. The lowest BCUT2D eigenvalue weighted by Crippen LogP contribution is -2.54. The van der Waals surface area contributed by atoms with Crippen molar-refractivity contribution in [1.82, 2.24) is 54.3 Å². The Morgan fingerprint density at radius 1 is 0.301 bits per heavy atom. The van der Waals surface area contributed by atoms with E-state index in [-0.39, 0.29) is 128 Å². The van der Waals surface area contributed by atoms with E-state index in [1.54, 1.807) is 16.9 Å². The van der Waals surface area contributed by atoms with E-state index in [1.165, 1.54) is 45.6 Å². The van der Waals surface area contributed by atoms with Crippen LogP contribution in [0.5, 0.6) is 0 Å². The van der Waals surface area contributed by atoms with Gasteiger partial charge in [0.1, 0.15) is 0 Å². The molecule has 26 nitrogen and oxygen atoms in total. The highest BCUT2D eigenvalue weighted by Gasteiger charge is 2.34. The summed E-state index contributed by atoms with van der Waals surface area (Å²) in [5.41, 5.74) is 21.6. The molecule has 7 N–H and O–H groups in total. The second-order valence-corrected chi connectivity index (χ2v) is 33.0. The summed E-state index contributed by atoms with van der Waals surface area (Å²) >= 11 is 0. The van der Waals surface area contributed by atoms with Crippen molar-refractivity contribution < 1.29 is 57.5 Å². The molecule has 0 fully saturated rings. The number of carbonyl (C=O) groups excluding carboxylic acids is 11. The maximum absolute atomic E-state index is 15.7. The first kappa shape index (κ1) is 106. The number of unbranched alkanes of at least 4 members (excludes halogenated alkanes) is 16. The Labute approximate surface area is 737 Å². The van der Waals surface area contributed by atoms with Crippen molar-refractivity contribution in [3.63, 3.8) is 0 Å². The standard InChI is InChI=1S/C97H156N14O12/c1-8-14-18-20-22-24-26-40-59-102(79-97(122)111(70-82(13-6)43-17-11-4)80-95(120)103(60-41-27-25-23-21-19-15-9-2)78-96(121)110(71-87(100)112)69-81(12-5)42-16-10-3)89(114)72-104(61-52-83-44-32-28-33-45-83)90(115)74-106(63-54-85-48-36-30-37-49-85)93(118)77-109(66-57-99)94(119)75-107(64-55-86-50-38-31-39-51-86)91(116)73-105(62-53-84-46-34-29-35-47-84)92(117)76-108(65-56-98)88(113)68-101-58-67-123-7/h28-39,44-51,81-82,101H,8-27,40-43,52-80,98-99H2,1-7H3,(H2,100,112). The van der Waals surface area contributed by atoms with Crippen LogP contribution in [-0.2, 0) is 83.2 Å². The van der Waals surface area contributed by atoms with E-state index in [4.69, 9.17) is 21.9 Å². The van der Waals surface area contributed by atoms with Gasteiger partial charge >= 0.3 is 0 Å². The number of rotatable bonds is 71. The molecule has 4 aromatic carbocycles. The smallest absolute Gasteiger partial charge is 0.242 e. The van der Waals surface area contributed by atoms with Gasteiger partial charge in [-0.2, -0.15) is 0 Å². The SMILES string of the molecule is CCCCCCCCCCN(CC(=O)N(CC(=O)N(CCCCCCCCCC)CC(=O)N(CC(N)=O)CC(CC)CCCC)CC(CC)CCCC)C(=O)CN(CCc1ccccc1)C(=O)CN(CCc1ccccc1)C(=O)CN(CCN)C(=O)CN(CCc1ccccc1)C(=O)CN(CCc1ccccc1)C(=O)CN(CCN)C(=O)CNCCOC. The van der Waals surface area contributed by atoms with Crippen LogP contribution in [0.3, 0.4) is 0 Å². The molecule has 0 saturated heterocycles. The molecule has 0 radical (unpaired) electrons. The van der Waals surface area contributed by atoms with Crippen molar-refractivity contribution >= 4 is 65.0 Å². The third-order valence-corrected chi connectivity index (χ3v) is 23.0. The average Bonchev–Trinajstić information content (AvgIpc) is 0.854. The normalized spacial score (nSPS) is 11.6. The van der Waals surface area contributed by atoms with Crippen LogP contribution in [0.25, 0.3) is 0 Å². The van der Waals surface area contributed by atoms with Crippen LogP contribution in [-0.4, -0.2) is 285 Å². The van der Waals surface area contributed by atoms with Gasteiger partial charge in [-0.25, -0.2) is 0 Å². The van der Waals surface area contributed by atoms with E-state index < -0.39 is 92.4 Å². The summed E-state index contributed by atoms with van der Waals surface area (Å²) in [6.45, 7) is 10.4. The number of nitrogens with one attached hydrogen (secondary N) is 1. The van der Waals surface area contributed by atoms with E-state index in [2.05, 4.69) is 46.9 Å². The number of nitrogens with two attached hydrogens (primary N) is 3. The summed E-state index contributed by atoms with van der Waals surface area (Å²) < 4.78 is 5.13. The number of primary amides is 1. The minimum absolute atomic E-state index is 0.00459. The highest BCUT2D eigenvalue weighted by Crippen LogP contribution is 2.21. The van der Waals surface area contributed by atoms with Crippen molar-refractivity contribution in [3.05, 3.63) is 144 Å². The minimum atomic E-state index is -0.645. The molecule has 4 rings (SSSR count). The highest BCUT2D eigenvalue weighted by molar-refractivity contribution is 5.95. The van der Waals surface area contributed by atoms with E-state index in [0.717, 1.165) is 157 Å². The Morgan fingerprint density at radius 3 is 0.813 bits per heavy atom. The van der Waals surface area contributed by atoms with Crippen LogP contribution in [0.2, 0.25) is 0 Å². The fraction of sp³-hybridized carbons (Fsp3) is 0.639. The Bertz CT molecular complexity index is 3610. The van der Waals surface area contributed by atoms with Gasteiger partial charge in [-0.05, 0) is 85.5 Å². The summed E-state index contributed by atoms with van der Waals surface area (Å²) in [6.07, 6.45) is 24.0. The van der Waals surface area contributed by atoms with Crippen molar-refractivity contribution in [2.45, 2.75) is 221 Å². The largest absolute Gasteiger partial charge is 0.383 e. The third kappa shape index (κ3) is 45.4. The van der Waals surface area contributed by atoms with Gasteiger partial charge in [-0.3, -0.25) is 52.7 Å². The zero-order chi connectivity index (χ0) is 89.6. The molecule has 4 aromatic rings.